The van der Waals surface area contributed by atoms with Crippen molar-refractivity contribution in [2.75, 3.05) is 29.9 Å². The zero-order valence-electron chi connectivity index (χ0n) is 12.6. The fourth-order valence-corrected chi connectivity index (χ4v) is 3.90. The molecule has 0 unspecified atom stereocenters. The van der Waals surface area contributed by atoms with Gasteiger partial charge in [0.25, 0.3) is 0 Å². The van der Waals surface area contributed by atoms with Gasteiger partial charge in [0.2, 0.25) is 0 Å². The lowest BCUT2D eigenvalue weighted by molar-refractivity contribution is 0.857. The van der Waals surface area contributed by atoms with Crippen molar-refractivity contribution in [1.29, 1.82) is 0 Å². The van der Waals surface area contributed by atoms with Gasteiger partial charge in [-0.3, -0.25) is 0 Å². The van der Waals surface area contributed by atoms with Gasteiger partial charge in [0.05, 0.1) is 16.3 Å². The summed E-state index contributed by atoms with van der Waals surface area (Å²) in [5.41, 5.74) is 2.12. The smallest absolute Gasteiger partial charge is 0.186 e. The van der Waals surface area contributed by atoms with Crippen LogP contribution in [0.3, 0.4) is 0 Å². The Morgan fingerprint density at radius 1 is 1.20 bits per heavy atom. The van der Waals surface area contributed by atoms with Crippen LogP contribution in [0.2, 0.25) is 0 Å². The summed E-state index contributed by atoms with van der Waals surface area (Å²) in [4.78, 5) is 12.8. The molecule has 20 heavy (non-hydrogen) atoms. The number of aromatic nitrogens is 2. The number of hydrogen-bond donors (Lipinski definition) is 1. The van der Waals surface area contributed by atoms with Gasteiger partial charge in [0, 0.05) is 25.0 Å². The van der Waals surface area contributed by atoms with Crippen LogP contribution in [0.1, 0.15) is 32.9 Å². The Hall–Kier alpha value is -1.14. The van der Waals surface area contributed by atoms with Gasteiger partial charge in [0.15, 0.2) is 10.3 Å². The average Bonchev–Trinajstić information content (AvgIpc) is 3.05. The summed E-state index contributed by atoms with van der Waals surface area (Å²) in [7, 11) is 0. The van der Waals surface area contributed by atoms with E-state index in [9.17, 15) is 0 Å². The minimum atomic E-state index is 0.972. The van der Waals surface area contributed by atoms with Crippen LogP contribution in [0.25, 0.3) is 10.6 Å². The van der Waals surface area contributed by atoms with Crippen LogP contribution in [-0.4, -0.2) is 29.6 Å². The molecule has 0 bridgehead atoms. The van der Waals surface area contributed by atoms with Crippen molar-refractivity contribution in [2.24, 2.45) is 0 Å². The van der Waals surface area contributed by atoms with Gasteiger partial charge in [-0.1, -0.05) is 18.3 Å². The summed E-state index contributed by atoms with van der Waals surface area (Å²) in [5.74, 6) is 0. The van der Waals surface area contributed by atoms with Crippen LogP contribution in [0, 0.1) is 6.92 Å². The molecule has 0 amide bonds. The topological polar surface area (TPSA) is 41.1 Å². The number of aryl methyl sites for hydroxylation is 1. The third kappa shape index (κ3) is 3.30. The SMILES string of the molecule is CCCNc1nc(-c2sc(N(CC)CC)nc2C)cs1. The van der Waals surface area contributed by atoms with Crippen LogP contribution in [-0.2, 0) is 0 Å². The highest BCUT2D eigenvalue weighted by atomic mass is 32.1. The quantitative estimate of drug-likeness (QED) is 0.830. The van der Waals surface area contributed by atoms with E-state index >= 15 is 0 Å². The van der Waals surface area contributed by atoms with Crippen molar-refractivity contribution in [3.05, 3.63) is 11.1 Å². The molecule has 2 aromatic rings. The summed E-state index contributed by atoms with van der Waals surface area (Å²) >= 11 is 3.40. The fourth-order valence-electron chi connectivity index (χ4n) is 1.94. The minimum absolute atomic E-state index is 0.972. The Bertz CT molecular complexity index is 543. The maximum atomic E-state index is 4.69. The first-order chi connectivity index (χ1) is 9.69. The molecule has 0 atom stereocenters. The van der Waals surface area contributed by atoms with Crippen molar-refractivity contribution in [2.45, 2.75) is 34.1 Å². The summed E-state index contributed by atoms with van der Waals surface area (Å²) in [6.07, 6.45) is 1.11. The highest BCUT2D eigenvalue weighted by molar-refractivity contribution is 7.19. The lowest BCUT2D eigenvalue weighted by Gasteiger charge is -2.16. The van der Waals surface area contributed by atoms with Crippen LogP contribution in [0.5, 0.6) is 0 Å². The maximum Gasteiger partial charge on any atom is 0.186 e. The molecule has 110 valence electrons. The van der Waals surface area contributed by atoms with Gasteiger partial charge in [-0.2, -0.15) is 0 Å². The summed E-state index contributed by atoms with van der Waals surface area (Å²) in [6.45, 7) is 11.5. The molecular formula is C14H22N4S2. The molecule has 0 aliphatic rings. The van der Waals surface area contributed by atoms with E-state index in [2.05, 4.69) is 53.3 Å². The van der Waals surface area contributed by atoms with Crippen molar-refractivity contribution < 1.29 is 0 Å². The second-order valence-electron chi connectivity index (χ2n) is 4.55. The molecule has 4 nitrogen and oxygen atoms in total. The molecule has 0 aromatic carbocycles. The number of hydrogen-bond acceptors (Lipinski definition) is 6. The molecular weight excluding hydrogens is 288 g/mol. The molecule has 0 saturated heterocycles. The van der Waals surface area contributed by atoms with Crippen molar-refractivity contribution >= 4 is 32.9 Å². The van der Waals surface area contributed by atoms with Crippen LogP contribution >= 0.6 is 22.7 Å². The Morgan fingerprint density at radius 3 is 2.60 bits per heavy atom. The largest absolute Gasteiger partial charge is 0.362 e. The Labute approximate surface area is 128 Å². The number of nitrogens with one attached hydrogen (secondary N) is 1. The zero-order chi connectivity index (χ0) is 14.5. The van der Waals surface area contributed by atoms with Gasteiger partial charge in [0.1, 0.15) is 0 Å². The fraction of sp³-hybridized carbons (Fsp3) is 0.571. The molecule has 6 heteroatoms. The highest BCUT2D eigenvalue weighted by Crippen LogP contribution is 2.35. The lowest BCUT2D eigenvalue weighted by Crippen LogP contribution is -2.21. The van der Waals surface area contributed by atoms with E-state index in [-0.39, 0.29) is 0 Å². The molecule has 2 aromatic heterocycles. The van der Waals surface area contributed by atoms with E-state index < -0.39 is 0 Å². The predicted octanol–water partition coefficient (Wildman–Crippen LogP) is 4.24. The van der Waals surface area contributed by atoms with Crippen LogP contribution in [0.15, 0.2) is 5.38 Å². The van der Waals surface area contributed by atoms with Crippen molar-refractivity contribution in [3.8, 4) is 10.6 Å². The van der Waals surface area contributed by atoms with E-state index in [0.29, 0.717) is 0 Å². The predicted molar refractivity (Wildman–Crippen MR) is 90.3 cm³/mol. The van der Waals surface area contributed by atoms with Crippen molar-refractivity contribution in [3.63, 3.8) is 0 Å². The number of rotatable bonds is 7. The molecule has 1 N–H and O–H groups in total. The second-order valence-corrected chi connectivity index (χ2v) is 6.38. The zero-order valence-corrected chi connectivity index (χ0v) is 14.2. The molecule has 0 spiro atoms. The number of thiazole rings is 2. The first-order valence-corrected chi connectivity index (χ1v) is 8.81. The van der Waals surface area contributed by atoms with E-state index in [1.807, 2.05) is 0 Å². The Balaban J connectivity index is 2.22. The Kier molecular flexibility index (Phi) is 5.37. The molecule has 0 radical (unpaired) electrons. The van der Waals surface area contributed by atoms with E-state index in [1.54, 1.807) is 22.7 Å². The van der Waals surface area contributed by atoms with Crippen LogP contribution < -0.4 is 10.2 Å². The van der Waals surface area contributed by atoms with Crippen LogP contribution in [0.4, 0.5) is 10.3 Å². The van der Waals surface area contributed by atoms with Gasteiger partial charge in [-0.15, -0.1) is 11.3 Å². The monoisotopic (exact) mass is 310 g/mol. The summed E-state index contributed by atoms with van der Waals surface area (Å²) in [6, 6.07) is 0. The maximum absolute atomic E-state index is 4.69. The molecule has 0 aliphatic heterocycles. The molecule has 2 heterocycles. The lowest BCUT2D eigenvalue weighted by atomic mass is 10.3. The third-order valence-corrected chi connectivity index (χ3v) is 5.12. The van der Waals surface area contributed by atoms with E-state index in [1.165, 1.54) is 4.88 Å². The average molecular weight is 310 g/mol. The van der Waals surface area contributed by atoms with Gasteiger partial charge >= 0.3 is 0 Å². The highest BCUT2D eigenvalue weighted by Gasteiger charge is 2.15. The molecule has 0 aliphatic carbocycles. The van der Waals surface area contributed by atoms with Gasteiger partial charge in [-0.05, 0) is 27.2 Å². The first kappa shape index (κ1) is 15.3. The molecule has 2 rings (SSSR count). The summed E-state index contributed by atoms with van der Waals surface area (Å²) < 4.78 is 0. The van der Waals surface area contributed by atoms with E-state index in [0.717, 1.165) is 47.7 Å². The van der Waals surface area contributed by atoms with E-state index in [4.69, 9.17) is 0 Å². The summed E-state index contributed by atoms with van der Waals surface area (Å²) in [5, 5.41) is 7.55. The molecule has 0 saturated carbocycles. The normalized spacial score (nSPS) is 10.8. The van der Waals surface area contributed by atoms with Crippen molar-refractivity contribution in [1.82, 2.24) is 9.97 Å². The first-order valence-electron chi connectivity index (χ1n) is 7.11. The van der Waals surface area contributed by atoms with Gasteiger partial charge < -0.3 is 10.2 Å². The van der Waals surface area contributed by atoms with Gasteiger partial charge in [-0.25, -0.2) is 9.97 Å². The second kappa shape index (κ2) is 7.04. The number of nitrogens with zero attached hydrogens (tertiary/aromatic N) is 3. The standard InChI is InChI=1S/C14H22N4S2/c1-5-8-15-13-17-11(9-19-13)12-10(4)16-14(20-12)18(6-2)7-3/h9H,5-8H2,1-4H3,(H,15,17). The minimum Gasteiger partial charge on any atom is -0.362 e. The number of anilines is 2. The Morgan fingerprint density at radius 2 is 1.95 bits per heavy atom. The molecule has 0 fully saturated rings. The third-order valence-electron chi connectivity index (χ3n) is 3.08.